The van der Waals surface area contributed by atoms with E-state index in [1.165, 1.54) is 0 Å². The van der Waals surface area contributed by atoms with Gasteiger partial charge >= 0.3 is 0 Å². The zero-order chi connectivity index (χ0) is 9.80. The van der Waals surface area contributed by atoms with Gasteiger partial charge in [0, 0.05) is 0 Å². The van der Waals surface area contributed by atoms with Crippen LogP contribution in [0.25, 0.3) is 0 Å². The average Bonchev–Trinajstić information content (AvgIpc) is 2.30. The van der Waals surface area contributed by atoms with Gasteiger partial charge in [-0.3, -0.25) is 0 Å². The molecule has 1 heterocycles. The van der Waals surface area contributed by atoms with Crippen LogP contribution in [0, 0.1) is 0 Å². The largest absolute Gasteiger partial charge is 0.386 e. The molecule has 1 aliphatic rings. The quantitative estimate of drug-likeness (QED) is 0.767. The molecular weight excluding hydrogens is 180 g/mol. The molecule has 3 heteroatoms. The molecule has 2 rings (SSSR count). The Morgan fingerprint density at radius 3 is 2.64 bits per heavy atom. The Labute approximate surface area is 83.3 Å². The highest BCUT2D eigenvalue weighted by Crippen LogP contribution is 2.20. The lowest BCUT2D eigenvalue weighted by molar-refractivity contribution is -0.133. The summed E-state index contributed by atoms with van der Waals surface area (Å²) in [5.41, 5.74) is 0.878. The molecule has 1 N–H and O–H groups in total. The molecule has 0 aromatic heterocycles. The lowest BCUT2D eigenvalue weighted by atomic mass is 10.0. The zero-order valence-corrected chi connectivity index (χ0v) is 7.93. The van der Waals surface area contributed by atoms with Gasteiger partial charge in [0.25, 0.3) is 0 Å². The summed E-state index contributed by atoms with van der Waals surface area (Å²) in [6.45, 7) is 1.66. The van der Waals surface area contributed by atoms with Crippen molar-refractivity contribution in [3.05, 3.63) is 35.9 Å². The fraction of sp³-hybridized carbons (Fsp3) is 0.455. The summed E-state index contributed by atoms with van der Waals surface area (Å²) in [6, 6.07) is 9.52. The predicted octanol–water partition coefficient (Wildman–Crippen LogP) is 1.14. The molecule has 14 heavy (non-hydrogen) atoms. The van der Waals surface area contributed by atoms with Crippen molar-refractivity contribution in [2.24, 2.45) is 0 Å². The molecule has 1 fully saturated rings. The number of rotatable bonds is 2. The van der Waals surface area contributed by atoms with Crippen LogP contribution in [0.5, 0.6) is 0 Å². The third-order valence-corrected chi connectivity index (χ3v) is 2.33. The highest BCUT2D eigenvalue weighted by Gasteiger charge is 2.24. The van der Waals surface area contributed by atoms with E-state index in [0.29, 0.717) is 19.8 Å². The minimum atomic E-state index is -0.587. The fourth-order valence-electron chi connectivity index (χ4n) is 1.55. The highest BCUT2D eigenvalue weighted by atomic mass is 16.6. The van der Waals surface area contributed by atoms with E-state index in [1.54, 1.807) is 0 Å². The van der Waals surface area contributed by atoms with Crippen molar-refractivity contribution >= 4 is 0 Å². The molecule has 0 spiro atoms. The molecule has 0 radical (unpaired) electrons. The van der Waals surface area contributed by atoms with Gasteiger partial charge in [-0.05, 0) is 5.56 Å². The topological polar surface area (TPSA) is 38.7 Å². The van der Waals surface area contributed by atoms with Crippen molar-refractivity contribution in [3.63, 3.8) is 0 Å². The van der Waals surface area contributed by atoms with E-state index in [4.69, 9.17) is 9.47 Å². The molecule has 76 valence electrons. The van der Waals surface area contributed by atoms with Crippen molar-refractivity contribution in [1.82, 2.24) is 0 Å². The number of hydrogen-bond acceptors (Lipinski definition) is 3. The minimum Gasteiger partial charge on any atom is -0.386 e. The Hall–Kier alpha value is -0.900. The second kappa shape index (κ2) is 4.55. The van der Waals surface area contributed by atoms with Gasteiger partial charge in [-0.25, -0.2) is 0 Å². The van der Waals surface area contributed by atoms with Crippen LogP contribution in [0.2, 0.25) is 0 Å². The molecule has 0 unspecified atom stereocenters. The summed E-state index contributed by atoms with van der Waals surface area (Å²) in [6.07, 6.45) is -0.817. The summed E-state index contributed by atoms with van der Waals surface area (Å²) < 4.78 is 10.7. The summed E-state index contributed by atoms with van der Waals surface area (Å²) >= 11 is 0. The SMILES string of the molecule is O[C@@H](c1ccccc1)[C@@H]1COCCO1. The lowest BCUT2D eigenvalue weighted by Crippen LogP contribution is -2.33. The molecule has 2 atom stereocenters. The minimum absolute atomic E-state index is 0.230. The lowest BCUT2D eigenvalue weighted by Gasteiger charge is -2.27. The molecule has 0 aliphatic carbocycles. The van der Waals surface area contributed by atoms with Crippen LogP contribution < -0.4 is 0 Å². The van der Waals surface area contributed by atoms with Crippen LogP contribution in [-0.2, 0) is 9.47 Å². The van der Waals surface area contributed by atoms with E-state index < -0.39 is 6.10 Å². The highest BCUT2D eigenvalue weighted by molar-refractivity contribution is 5.18. The van der Waals surface area contributed by atoms with Crippen LogP contribution in [-0.4, -0.2) is 31.0 Å². The molecule has 0 saturated carbocycles. The van der Waals surface area contributed by atoms with Crippen LogP contribution in [0.1, 0.15) is 11.7 Å². The number of aliphatic hydroxyl groups excluding tert-OH is 1. The van der Waals surface area contributed by atoms with Gasteiger partial charge in [0.05, 0.1) is 19.8 Å². The summed E-state index contributed by atoms with van der Waals surface area (Å²) in [5, 5.41) is 9.94. The fourth-order valence-corrected chi connectivity index (χ4v) is 1.55. The number of hydrogen-bond donors (Lipinski definition) is 1. The maximum Gasteiger partial charge on any atom is 0.111 e. The Bertz CT molecular complexity index is 267. The van der Waals surface area contributed by atoms with Crippen molar-refractivity contribution in [2.45, 2.75) is 12.2 Å². The number of ether oxygens (including phenoxy) is 2. The molecule has 0 amide bonds. The van der Waals surface area contributed by atoms with E-state index in [2.05, 4.69) is 0 Å². The summed E-state index contributed by atoms with van der Waals surface area (Å²) in [4.78, 5) is 0. The van der Waals surface area contributed by atoms with Crippen LogP contribution in [0.15, 0.2) is 30.3 Å². The maximum atomic E-state index is 9.94. The van der Waals surface area contributed by atoms with E-state index in [9.17, 15) is 5.11 Å². The van der Waals surface area contributed by atoms with Gasteiger partial charge in [0.15, 0.2) is 0 Å². The maximum absolute atomic E-state index is 9.94. The van der Waals surface area contributed by atoms with Crippen molar-refractivity contribution in [2.75, 3.05) is 19.8 Å². The van der Waals surface area contributed by atoms with Gasteiger partial charge in [-0.15, -0.1) is 0 Å². The first-order chi connectivity index (χ1) is 6.88. The average molecular weight is 194 g/mol. The van der Waals surface area contributed by atoms with E-state index in [-0.39, 0.29) is 6.10 Å². The molecule has 1 aliphatic heterocycles. The van der Waals surface area contributed by atoms with Crippen LogP contribution >= 0.6 is 0 Å². The number of benzene rings is 1. The third-order valence-electron chi connectivity index (χ3n) is 2.33. The zero-order valence-electron chi connectivity index (χ0n) is 7.93. The molecule has 1 aromatic carbocycles. The first-order valence-electron chi connectivity index (χ1n) is 4.80. The second-order valence-electron chi connectivity index (χ2n) is 3.34. The van der Waals surface area contributed by atoms with Gasteiger partial charge in [-0.1, -0.05) is 30.3 Å². The van der Waals surface area contributed by atoms with Crippen molar-refractivity contribution in [3.8, 4) is 0 Å². The molecule has 1 aromatic rings. The first-order valence-corrected chi connectivity index (χ1v) is 4.80. The van der Waals surface area contributed by atoms with Gasteiger partial charge in [-0.2, -0.15) is 0 Å². The Kier molecular flexibility index (Phi) is 3.14. The summed E-state index contributed by atoms with van der Waals surface area (Å²) in [5.74, 6) is 0. The van der Waals surface area contributed by atoms with E-state index >= 15 is 0 Å². The first kappa shape index (κ1) is 9.65. The van der Waals surface area contributed by atoms with Crippen molar-refractivity contribution < 1.29 is 14.6 Å². The standard InChI is InChI=1S/C11H14O3/c12-11(9-4-2-1-3-5-9)10-8-13-6-7-14-10/h1-5,10-12H,6-8H2/t10-,11-/m0/s1. The Balaban J connectivity index is 2.03. The van der Waals surface area contributed by atoms with Gasteiger partial charge < -0.3 is 14.6 Å². The van der Waals surface area contributed by atoms with E-state index in [0.717, 1.165) is 5.56 Å². The molecular formula is C11H14O3. The Morgan fingerprint density at radius 2 is 2.00 bits per heavy atom. The molecule has 0 bridgehead atoms. The predicted molar refractivity (Wildman–Crippen MR) is 52.0 cm³/mol. The number of aliphatic hydroxyl groups is 1. The van der Waals surface area contributed by atoms with Crippen molar-refractivity contribution in [1.29, 1.82) is 0 Å². The smallest absolute Gasteiger partial charge is 0.111 e. The monoisotopic (exact) mass is 194 g/mol. The van der Waals surface area contributed by atoms with Crippen LogP contribution in [0.3, 0.4) is 0 Å². The third kappa shape index (κ3) is 2.12. The van der Waals surface area contributed by atoms with E-state index in [1.807, 2.05) is 30.3 Å². The molecule has 3 nitrogen and oxygen atoms in total. The second-order valence-corrected chi connectivity index (χ2v) is 3.34. The normalized spacial score (nSPS) is 24.5. The Morgan fingerprint density at radius 1 is 1.21 bits per heavy atom. The van der Waals surface area contributed by atoms with Crippen LogP contribution in [0.4, 0.5) is 0 Å². The van der Waals surface area contributed by atoms with Gasteiger partial charge in [0.1, 0.15) is 12.2 Å². The van der Waals surface area contributed by atoms with Gasteiger partial charge in [0.2, 0.25) is 0 Å². The summed E-state index contributed by atoms with van der Waals surface area (Å²) in [7, 11) is 0. The molecule has 1 saturated heterocycles.